The number of carbonyl (C=O) groups excluding carboxylic acids is 2. The fraction of sp³-hybridized carbons (Fsp3) is 0.300. The van der Waals surface area contributed by atoms with Gasteiger partial charge in [0.25, 0.3) is 5.91 Å². The fourth-order valence-corrected chi connectivity index (χ4v) is 3.69. The van der Waals surface area contributed by atoms with Crippen molar-refractivity contribution in [3.8, 4) is 11.5 Å². The van der Waals surface area contributed by atoms with Crippen molar-refractivity contribution in [2.75, 3.05) is 25.8 Å². The Hall–Kier alpha value is -3.20. The number of hydrazone groups is 1. The predicted molar refractivity (Wildman–Crippen MR) is 111 cm³/mol. The lowest BCUT2D eigenvalue weighted by Crippen LogP contribution is -2.21. The van der Waals surface area contributed by atoms with Crippen LogP contribution in [-0.4, -0.2) is 43.4 Å². The largest absolute Gasteiger partial charge is 0.493 e. The average molecular weight is 415 g/mol. The third kappa shape index (κ3) is 4.00. The summed E-state index contributed by atoms with van der Waals surface area (Å²) in [7, 11) is 3.11. The molecule has 2 heterocycles. The molecule has 1 aliphatic rings. The summed E-state index contributed by atoms with van der Waals surface area (Å²) in [6, 6.07) is 5.37. The number of benzene rings is 1. The molecule has 0 bridgehead atoms. The molecule has 0 N–H and O–H groups in total. The summed E-state index contributed by atoms with van der Waals surface area (Å²) in [4.78, 5) is 29.7. The van der Waals surface area contributed by atoms with Gasteiger partial charge in [0.05, 0.1) is 37.8 Å². The van der Waals surface area contributed by atoms with Crippen LogP contribution in [0.2, 0.25) is 0 Å². The van der Waals surface area contributed by atoms with Crippen LogP contribution in [0.3, 0.4) is 0 Å². The number of aryl methyl sites for hydroxylation is 1. The number of nitrogens with zero attached hydrogens (tertiary/aromatic N) is 3. The van der Waals surface area contributed by atoms with Crippen LogP contribution >= 0.6 is 11.3 Å². The van der Waals surface area contributed by atoms with Gasteiger partial charge in [0.1, 0.15) is 4.88 Å². The Kier molecular flexibility index (Phi) is 5.97. The number of aromatic nitrogens is 1. The maximum absolute atomic E-state index is 13.0. The number of thiazole rings is 1. The Labute approximate surface area is 172 Å². The molecule has 0 saturated carbocycles. The molecule has 0 fully saturated rings. The zero-order valence-corrected chi connectivity index (χ0v) is 17.6. The van der Waals surface area contributed by atoms with Crippen LogP contribution in [0.15, 0.2) is 28.9 Å². The van der Waals surface area contributed by atoms with Crippen LogP contribution in [0.5, 0.6) is 11.5 Å². The molecule has 8 nitrogen and oxygen atoms in total. The highest BCUT2D eigenvalue weighted by Gasteiger charge is 2.32. The van der Waals surface area contributed by atoms with E-state index in [9.17, 15) is 9.59 Å². The quantitative estimate of drug-likeness (QED) is 0.530. The zero-order valence-electron chi connectivity index (χ0n) is 16.8. The van der Waals surface area contributed by atoms with Gasteiger partial charge < -0.3 is 14.2 Å². The number of hydrogen-bond acceptors (Lipinski definition) is 8. The number of hydrogen-bond donors (Lipinski definition) is 0. The second-order valence-corrected chi connectivity index (χ2v) is 7.08. The van der Waals surface area contributed by atoms with Crippen molar-refractivity contribution in [2.24, 2.45) is 5.10 Å². The summed E-state index contributed by atoms with van der Waals surface area (Å²) in [5.41, 5.74) is 2.25. The molecule has 0 spiro atoms. The first kappa shape index (κ1) is 20.5. The van der Waals surface area contributed by atoms with E-state index in [0.717, 1.165) is 16.9 Å². The molecule has 0 atom stereocenters. The average Bonchev–Trinajstić information content (AvgIpc) is 3.22. The van der Waals surface area contributed by atoms with Crippen molar-refractivity contribution < 1.29 is 23.8 Å². The van der Waals surface area contributed by atoms with Gasteiger partial charge in [-0.05, 0) is 44.5 Å². The van der Waals surface area contributed by atoms with Crippen molar-refractivity contribution in [1.82, 2.24) is 4.98 Å². The Morgan fingerprint density at radius 3 is 2.59 bits per heavy atom. The number of esters is 1. The van der Waals surface area contributed by atoms with Crippen LogP contribution in [0.4, 0.5) is 5.13 Å². The fourth-order valence-electron chi connectivity index (χ4n) is 2.78. The van der Waals surface area contributed by atoms with E-state index in [1.807, 2.05) is 6.07 Å². The maximum Gasteiger partial charge on any atom is 0.350 e. The Bertz CT molecular complexity index is 1030. The number of rotatable bonds is 6. The molecule has 29 heavy (non-hydrogen) atoms. The number of ether oxygens (including phenoxy) is 3. The first-order valence-corrected chi connectivity index (χ1v) is 9.69. The van der Waals surface area contributed by atoms with E-state index >= 15 is 0 Å². The highest BCUT2D eigenvalue weighted by atomic mass is 32.1. The number of anilines is 1. The van der Waals surface area contributed by atoms with Gasteiger partial charge in [-0.3, -0.25) is 4.79 Å². The molecule has 0 radical (unpaired) electrons. The standard InChI is InChI=1S/C20H21N3O5S/c1-6-28-19(25)17-12(3)21-20(29-17)23-18(24)14(11(2)22-23)9-13-7-8-15(26-4)16(10-13)27-5/h7-10H,6H2,1-5H3. The van der Waals surface area contributed by atoms with Gasteiger partial charge in [-0.2, -0.15) is 10.1 Å². The van der Waals surface area contributed by atoms with Crippen LogP contribution in [0.25, 0.3) is 6.08 Å². The van der Waals surface area contributed by atoms with Gasteiger partial charge in [-0.1, -0.05) is 17.4 Å². The summed E-state index contributed by atoms with van der Waals surface area (Å²) in [6.07, 6.45) is 1.73. The highest BCUT2D eigenvalue weighted by Crippen LogP contribution is 2.33. The molecule has 0 aliphatic carbocycles. The Balaban J connectivity index is 1.91. The van der Waals surface area contributed by atoms with E-state index in [-0.39, 0.29) is 12.5 Å². The van der Waals surface area contributed by atoms with E-state index in [4.69, 9.17) is 14.2 Å². The Morgan fingerprint density at radius 2 is 1.93 bits per heavy atom. The molecule has 2 aromatic rings. The van der Waals surface area contributed by atoms with Crippen LogP contribution in [0, 0.1) is 6.92 Å². The third-order valence-corrected chi connectivity index (χ3v) is 5.32. The van der Waals surface area contributed by atoms with E-state index in [2.05, 4.69) is 10.1 Å². The molecular formula is C20H21N3O5S. The molecule has 1 aromatic carbocycles. The molecule has 152 valence electrons. The number of methoxy groups -OCH3 is 2. The smallest absolute Gasteiger partial charge is 0.350 e. The highest BCUT2D eigenvalue weighted by molar-refractivity contribution is 7.17. The molecule has 0 unspecified atom stereocenters. The van der Waals surface area contributed by atoms with Gasteiger partial charge in [0.15, 0.2) is 11.5 Å². The SMILES string of the molecule is CCOC(=O)c1sc(N2N=C(C)C(=Cc3ccc(OC)c(OC)c3)C2=O)nc1C. The van der Waals surface area contributed by atoms with E-state index < -0.39 is 5.97 Å². The van der Waals surface area contributed by atoms with Gasteiger partial charge in [-0.25, -0.2) is 9.78 Å². The summed E-state index contributed by atoms with van der Waals surface area (Å²) >= 11 is 1.08. The van der Waals surface area contributed by atoms with Gasteiger partial charge in [-0.15, -0.1) is 0 Å². The van der Waals surface area contributed by atoms with Crippen molar-refractivity contribution in [2.45, 2.75) is 20.8 Å². The summed E-state index contributed by atoms with van der Waals surface area (Å²) in [5, 5.41) is 5.86. The van der Waals surface area contributed by atoms with Gasteiger partial charge in [0.2, 0.25) is 5.13 Å². The van der Waals surface area contributed by atoms with Gasteiger partial charge in [0, 0.05) is 0 Å². The second kappa shape index (κ2) is 8.44. The van der Waals surface area contributed by atoms with Crippen molar-refractivity contribution >= 4 is 40.1 Å². The lowest BCUT2D eigenvalue weighted by molar-refractivity contribution is -0.114. The number of amides is 1. The van der Waals surface area contributed by atoms with E-state index in [1.165, 1.54) is 5.01 Å². The lowest BCUT2D eigenvalue weighted by atomic mass is 10.1. The van der Waals surface area contributed by atoms with Crippen LogP contribution in [-0.2, 0) is 9.53 Å². The van der Waals surface area contributed by atoms with Crippen LogP contribution < -0.4 is 14.5 Å². The molecule has 1 aromatic heterocycles. The minimum Gasteiger partial charge on any atom is -0.493 e. The Morgan fingerprint density at radius 1 is 1.21 bits per heavy atom. The monoisotopic (exact) mass is 415 g/mol. The van der Waals surface area contributed by atoms with Crippen molar-refractivity contribution in [3.63, 3.8) is 0 Å². The first-order chi connectivity index (χ1) is 13.9. The second-order valence-electron chi connectivity index (χ2n) is 6.11. The number of carbonyl (C=O) groups is 2. The lowest BCUT2D eigenvalue weighted by Gasteiger charge is -2.09. The molecule has 1 aliphatic heterocycles. The van der Waals surface area contributed by atoms with Gasteiger partial charge >= 0.3 is 5.97 Å². The molecule has 0 saturated heterocycles. The van der Waals surface area contributed by atoms with Crippen molar-refractivity contribution in [1.29, 1.82) is 0 Å². The minimum atomic E-state index is -0.456. The molecule has 9 heteroatoms. The zero-order chi connectivity index (χ0) is 21.1. The van der Waals surface area contributed by atoms with E-state index in [1.54, 1.807) is 53.2 Å². The topological polar surface area (TPSA) is 90.3 Å². The first-order valence-electron chi connectivity index (χ1n) is 8.87. The van der Waals surface area contributed by atoms with Crippen molar-refractivity contribution in [3.05, 3.63) is 39.9 Å². The molecule has 1 amide bonds. The van der Waals surface area contributed by atoms with Crippen LogP contribution in [0.1, 0.15) is 34.8 Å². The third-order valence-electron chi connectivity index (χ3n) is 4.21. The minimum absolute atomic E-state index is 0.267. The predicted octanol–water partition coefficient (Wildman–Crippen LogP) is 3.45. The normalized spacial score (nSPS) is 14.9. The molecular weight excluding hydrogens is 394 g/mol. The summed E-state index contributed by atoms with van der Waals surface area (Å²) in [5.74, 6) is 0.390. The summed E-state index contributed by atoms with van der Waals surface area (Å²) in [6.45, 7) is 5.45. The summed E-state index contributed by atoms with van der Waals surface area (Å²) < 4.78 is 15.6. The van der Waals surface area contributed by atoms with E-state index in [0.29, 0.717) is 38.5 Å². The maximum atomic E-state index is 13.0. The molecule has 3 rings (SSSR count).